The normalized spacial score (nSPS) is 18.9. The second kappa shape index (κ2) is 7.32. The molecular weight excluding hydrogens is 194 g/mol. The molecule has 0 spiro atoms. The Kier molecular flexibility index (Phi) is 6.41. The van der Waals surface area contributed by atoms with E-state index in [9.17, 15) is 0 Å². The summed E-state index contributed by atoms with van der Waals surface area (Å²) in [6, 6.07) is 0. The fourth-order valence-corrected chi connectivity index (χ4v) is 2.67. The molecule has 0 radical (unpaired) electrons. The Hall–Kier alpha value is -0.0400. The van der Waals surface area contributed by atoms with Crippen molar-refractivity contribution in [1.82, 2.24) is 5.32 Å². The number of nitrogens with one attached hydrogen (secondary N) is 1. The molecule has 0 atom stereocenters. The highest BCUT2D eigenvalue weighted by Crippen LogP contribution is 2.27. The van der Waals surface area contributed by atoms with Crippen molar-refractivity contribution in [3.8, 4) is 0 Å². The average molecular weight is 225 g/mol. The average Bonchev–Trinajstić information content (AvgIpc) is 2.23. The van der Waals surface area contributed by atoms with Gasteiger partial charge >= 0.3 is 0 Å². The van der Waals surface area contributed by atoms with Crippen LogP contribution in [0.1, 0.15) is 78.6 Å². The van der Waals surface area contributed by atoms with Crippen molar-refractivity contribution in [3.63, 3.8) is 0 Å². The van der Waals surface area contributed by atoms with Gasteiger partial charge in [-0.05, 0) is 39.7 Å². The molecule has 0 bridgehead atoms. The minimum atomic E-state index is 0.295. The van der Waals surface area contributed by atoms with Crippen LogP contribution in [-0.2, 0) is 0 Å². The van der Waals surface area contributed by atoms with Crippen molar-refractivity contribution >= 4 is 0 Å². The summed E-state index contributed by atoms with van der Waals surface area (Å²) in [4.78, 5) is 0. The first-order chi connectivity index (χ1) is 7.58. The van der Waals surface area contributed by atoms with Crippen LogP contribution >= 0.6 is 0 Å². The van der Waals surface area contributed by atoms with Crippen molar-refractivity contribution in [2.75, 3.05) is 6.54 Å². The van der Waals surface area contributed by atoms with Gasteiger partial charge in [-0.15, -0.1) is 0 Å². The lowest BCUT2D eigenvalue weighted by Gasteiger charge is -2.22. The quantitative estimate of drug-likeness (QED) is 0.656. The first-order valence-electron chi connectivity index (χ1n) is 7.33. The van der Waals surface area contributed by atoms with Crippen LogP contribution in [0.25, 0.3) is 0 Å². The van der Waals surface area contributed by atoms with Crippen molar-refractivity contribution in [2.24, 2.45) is 5.92 Å². The monoisotopic (exact) mass is 225 g/mol. The number of unbranched alkanes of at least 4 members (excludes halogenated alkanes) is 2. The third kappa shape index (κ3) is 7.27. The molecule has 0 aromatic rings. The van der Waals surface area contributed by atoms with E-state index in [1.54, 1.807) is 0 Å². The van der Waals surface area contributed by atoms with Gasteiger partial charge in [0.25, 0.3) is 0 Å². The summed E-state index contributed by atoms with van der Waals surface area (Å²) in [5.41, 5.74) is 0.295. The molecular formula is C15H31N. The molecule has 1 aliphatic rings. The van der Waals surface area contributed by atoms with E-state index in [0.29, 0.717) is 5.54 Å². The van der Waals surface area contributed by atoms with Gasteiger partial charge in [0.05, 0.1) is 0 Å². The van der Waals surface area contributed by atoms with E-state index in [4.69, 9.17) is 0 Å². The molecule has 96 valence electrons. The summed E-state index contributed by atoms with van der Waals surface area (Å²) in [6.07, 6.45) is 13.2. The Morgan fingerprint density at radius 1 is 0.938 bits per heavy atom. The minimum Gasteiger partial charge on any atom is -0.312 e. The smallest absolute Gasteiger partial charge is 0.00965 e. The van der Waals surface area contributed by atoms with Gasteiger partial charge in [-0.25, -0.2) is 0 Å². The van der Waals surface area contributed by atoms with E-state index in [-0.39, 0.29) is 0 Å². The third-order valence-corrected chi connectivity index (χ3v) is 3.67. The number of hydrogen-bond acceptors (Lipinski definition) is 1. The van der Waals surface area contributed by atoms with E-state index < -0.39 is 0 Å². The van der Waals surface area contributed by atoms with Crippen LogP contribution < -0.4 is 5.32 Å². The molecule has 1 aliphatic carbocycles. The lowest BCUT2D eigenvalue weighted by molar-refractivity contribution is 0.326. The van der Waals surface area contributed by atoms with E-state index in [0.717, 1.165) is 5.92 Å². The van der Waals surface area contributed by atoms with Gasteiger partial charge in [-0.1, -0.05) is 51.4 Å². The Bertz CT molecular complexity index is 163. The number of rotatable bonds is 6. The van der Waals surface area contributed by atoms with Crippen molar-refractivity contribution in [1.29, 1.82) is 0 Å². The molecule has 0 saturated heterocycles. The largest absolute Gasteiger partial charge is 0.312 e. The fourth-order valence-electron chi connectivity index (χ4n) is 2.67. The van der Waals surface area contributed by atoms with Crippen LogP contribution in [-0.4, -0.2) is 12.1 Å². The highest BCUT2D eigenvalue weighted by atomic mass is 14.9. The van der Waals surface area contributed by atoms with E-state index >= 15 is 0 Å². The van der Waals surface area contributed by atoms with Crippen LogP contribution in [0.15, 0.2) is 0 Å². The zero-order valence-electron chi connectivity index (χ0n) is 11.6. The molecule has 1 heteroatoms. The molecule has 0 aliphatic heterocycles. The molecule has 1 nitrogen and oxygen atoms in total. The second-order valence-corrected chi connectivity index (χ2v) is 6.53. The number of hydrogen-bond donors (Lipinski definition) is 1. The Morgan fingerprint density at radius 3 is 2.25 bits per heavy atom. The Labute approximate surface area is 102 Å². The Balaban J connectivity index is 1.87. The summed E-state index contributed by atoms with van der Waals surface area (Å²) < 4.78 is 0. The highest BCUT2D eigenvalue weighted by Gasteiger charge is 2.12. The van der Waals surface area contributed by atoms with Crippen LogP contribution in [0.5, 0.6) is 0 Å². The fraction of sp³-hybridized carbons (Fsp3) is 1.00. The summed E-state index contributed by atoms with van der Waals surface area (Å²) in [6.45, 7) is 7.92. The van der Waals surface area contributed by atoms with Gasteiger partial charge in [-0.3, -0.25) is 0 Å². The predicted octanol–water partition coefficient (Wildman–Crippen LogP) is 4.52. The van der Waals surface area contributed by atoms with Crippen LogP contribution in [0.4, 0.5) is 0 Å². The molecule has 1 rings (SSSR count). The molecule has 0 aromatic carbocycles. The predicted molar refractivity (Wildman–Crippen MR) is 72.8 cm³/mol. The molecule has 1 saturated carbocycles. The summed E-state index contributed by atoms with van der Waals surface area (Å²) >= 11 is 0. The first-order valence-corrected chi connectivity index (χ1v) is 7.33. The van der Waals surface area contributed by atoms with Crippen LogP contribution in [0, 0.1) is 5.92 Å². The molecule has 1 fully saturated rings. The molecule has 0 unspecified atom stereocenters. The zero-order chi connectivity index (χ0) is 11.9. The standard InChI is InChI=1S/C15H31N/c1-15(2,3)16-13-9-5-8-12-14-10-6-4-7-11-14/h14,16H,4-13H2,1-3H3. The van der Waals surface area contributed by atoms with Crippen LogP contribution in [0.2, 0.25) is 0 Å². The maximum atomic E-state index is 3.56. The van der Waals surface area contributed by atoms with E-state index in [1.807, 2.05) is 0 Å². The molecule has 0 amide bonds. The topological polar surface area (TPSA) is 12.0 Å². The van der Waals surface area contributed by atoms with Gasteiger partial charge in [0.15, 0.2) is 0 Å². The van der Waals surface area contributed by atoms with Gasteiger partial charge in [0.1, 0.15) is 0 Å². The maximum Gasteiger partial charge on any atom is 0.00965 e. The maximum absolute atomic E-state index is 3.56. The second-order valence-electron chi connectivity index (χ2n) is 6.53. The van der Waals surface area contributed by atoms with Crippen LogP contribution in [0.3, 0.4) is 0 Å². The molecule has 0 aromatic heterocycles. The van der Waals surface area contributed by atoms with Gasteiger partial charge in [0.2, 0.25) is 0 Å². The van der Waals surface area contributed by atoms with Crippen molar-refractivity contribution < 1.29 is 0 Å². The van der Waals surface area contributed by atoms with Gasteiger partial charge < -0.3 is 5.32 Å². The Morgan fingerprint density at radius 2 is 1.62 bits per heavy atom. The lowest BCUT2D eigenvalue weighted by atomic mass is 9.85. The van der Waals surface area contributed by atoms with Crippen molar-refractivity contribution in [2.45, 2.75) is 84.1 Å². The summed E-state index contributed by atoms with van der Waals surface area (Å²) in [5, 5.41) is 3.56. The third-order valence-electron chi connectivity index (χ3n) is 3.67. The highest BCUT2D eigenvalue weighted by molar-refractivity contribution is 4.70. The SMILES string of the molecule is CC(C)(C)NCCCCCC1CCCCC1. The molecule has 1 N–H and O–H groups in total. The summed E-state index contributed by atoms with van der Waals surface area (Å²) in [7, 11) is 0. The molecule has 16 heavy (non-hydrogen) atoms. The molecule has 0 heterocycles. The first kappa shape index (κ1) is 14.0. The van der Waals surface area contributed by atoms with E-state index in [2.05, 4.69) is 26.1 Å². The van der Waals surface area contributed by atoms with E-state index in [1.165, 1.54) is 64.3 Å². The zero-order valence-corrected chi connectivity index (χ0v) is 11.6. The minimum absolute atomic E-state index is 0.295. The van der Waals surface area contributed by atoms with Gasteiger partial charge in [0, 0.05) is 5.54 Å². The summed E-state index contributed by atoms with van der Waals surface area (Å²) in [5.74, 6) is 1.07. The van der Waals surface area contributed by atoms with Crippen molar-refractivity contribution in [3.05, 3.63) is 0 Å². The lowest BCUT2D eigenvalue weighted by Crippen LogP contribution is -2.36. The van der Waals surface area contributed by atoms with Gasteiger partial charge in [-0.2, -0.15) is 0 Å².